The number of hydrogen-bond acceptors (Lipinski definition) is 3. The van der Waals surface area contributed by atoms with E-state index in [1.807, 2.05) is 12.1 Å². The maximum absolute atomic E-state index is 6.39. The molecular weight excluding hydrogens is 717 g/mol. The summed E-state index contributed by atoms with van der Waals surface area (Å²) in [4.78, 5) is 4.65. The fraction of sp³-hybridized carbons (Fsp3) is 0. The molecule has 0 spiro atoms. The van der Waals surface area contributed by atoms with Gasteiger partial charge in [0, 0.05) is 50.5 Å². The standard InChI is InChI=1S/C56H38N2O/c1-4-16-42(17-5-1)57(45-31-27-39(28-32-45)49-24-14-25-52-51-23-12-13-26-55(51)59-56(49)52)46-33-29-40(30-34-46)53-37-41-15-10-11-22-48(41)54-38-47(35-36-50(53)54)58(43-18-6-2-7-19-43)44-20-8-3-9-21-44/h1-38H. The van der Waals surface area contributed by atoms with Crippen LogP contribution in [0.3, 0.4) is 0 Å². The van der Waals surface area contributed by atoms with Crippen molar-refractivity contribution < 1.29 is 4.42 Å². The van der Waals surface area contributed by atoms with E-state index in [1.54, 1.807) is 0 Å². The molecule has 0 amide bonds. The van der Waals surface area contributed by atoms with Crippen LogP contribution in [0.4, 0.5) is 34.1 Å². The van der Waals surface area contributed by atoms with Gasteiger partial charge in [0.15, 0.2) is 0 Å². The Morgan fingerprint density at radius 3 is 1.37 bits per heavy atom. The number of para-hydroxylation sites is 5. The molecular formula is C56H38N2O. The van der Waals surface area contributed by atoms with Crippen LogP contribution >= 0.6 is 0 Å². The molecule has 10 aromatic carbocycles. The Morgan fingerprint density at radius 1 is 0.271 bits per heavy atom. The summed E-state index contributed by atoms with van der Waals surface area (Å²) in [7, 11) is 0. The third kappa shape index (κ3) is 6.17. The van der Waals surface area contributed by atoms with Crippen molar-refractivity contribution in [3.05, 3.63) is 231 Å². The lowest BCUT2D eigenvalue weighted by Gasteiger charge is -2.26. The molecule has 0 saturated heterocycles. The summed E-state index contributed by atoms with van der Waals surface area (Å²) in [5, 5.41) is 7.16. The van der Waals surface area contributed by atoms with E-state index in [2.05, 4.69) is 228 Å². The second-order valence-corrected chi connectivity index (χ2v) is 14.9. The fourth-order valence-electron chi connectivity index (χ4n) is 8.65. The SMILES string of the molecule is c1ccc(N(c2ccc(-c3cc4ccccc4c4cc(N(c5ccccc5)c5ccccc5)ccc34)cc2)c2ccc(-c3cccc4c3oc3ccccc34)cc2)cc1. The Balaban J connectivity index is 0.987. The van der Waals surface area contributed by atoms with Gasteiger partial charge in [-0.15, -0.1) is 0 Å². The molecule has 59 heavy (non-hydrogen) atoms. The number of furan rings is 1. The second kappa shape index (κ2) is 14.6. The molecule has 11 aromatic rings. The molecule has 0 bridgehead atoms. The van der Waals surface area contributed by atoms with Crippen molar-refractivity contribution >= 4 is 77.6 Å². The smallest absolute Gasteiger partial charge is 0.143 e. The first-order valence-electron chi connectivity index (χ1n) is 20.1. The Hall–Kier alpha value is -7.88. The van der Waals surface area contributed by atoms with Crippen LogP contribution < -0.4 is 9.80 Å². The Kier molecular flexibility index (Phi) is 8.49. The van der Waals surface area contributed by atoms with Crippen LogP contribution in [-0.2, 0) is 0 Å². The molecule has 0 unspecified atom stereocenters. The highest BCUT2D eigenvalue weighted by molar-refractivity contribution is 6.15. The van der Waals surface area contributed by atoms with Gasteiger partial charge in [-0.05, 0) is 123 Å². The van der Waals surface area contributed by atoms with Crippen molar-refractivity contribution in [2.45, 2.75) is 0 Å². The van der Waals surface area contributed by atoms with Gasteiger partial charge in [-0.3, -0.25) is 0 Å². The van der Waals surface area contributed by atoms with Crippen LogP contribution in [0.15, 0.2) is 235 Å². The predicted molar refractivity (Wildman–Crippen MR) is 249 cm³/mol. The minimum absolute atomic E-state index is 0.907. The maximum atomic E-state index is 6.39. The number of hydrogen-bond donors (Lipinski definition) is 0. The molecule has 0 aliphatic heterocycles. The molecule has 1 heterocycles. The summed E-state index contributed by atoms with van der Waals surface area (Å²) < 4.78 is 6.39. The van der Waals surface area contributed by atoms with Crippen molar-refractivity contribution in [3.63, 3.8) is 0 Å². The molecule has 3 heteroatoms. The van der Waals surface area contributed by atoms with E-state index in [-0.39, 0.29) is 0 Å². The van der Waals surface area contributed by atoms with Gasteiger partial charge in [-0.2, -0.15) is 0 Å². The van der Waals surface area contributed by atoms with Crippen molar-refractivity contribution in [2.24, 2.45) is 0 Å². The average Bonchev–Trinajstić information content (AvgIpc) is 3.70. The van der Waals surface area contributed by atoms with Crippen LogP contribution in [0.25, 0.3) is 65.7 Å². The summed E-state index contributed by atoms with van der Waals surface area (Å²) in [5.74, 6) is 0. The Morgan fingerprint density at radius 2 is 0.746 bits per heavy atom. The summed E-state index contributed by atoms with van der Waals surface area (Å²) >= 11 is 0. The number of nitrogens with zero attached hydrogens (tertiary/aromatic N) is 2. The largest absolute Gasteiger partial charge is 0.455 e. The first-order chi connectivity index (χ1) is 29.3. The van der Waals surface area contributed by atoms with Crippen LogP contribution in [0.1, 0.15) is 0 Å². The monoisotopic (exact) mass is 754 g/mol. The van der Waals surface area contributed by atoms with Gasteiger partial charge in [-0.25, -0.2) is 0 Å². The molecule has 278 valence electrons. The van der Waals surface area contributed by atoms with E-state index in [0.717, 1.165) is 67.2 Å². The Labute approximate surface area is 343 Å². The van der Waals surface area contributed by atoms with Gasteiger partial charge >= 0.3 is 0 Å². The summed E-state index contributed by atoms with van der Waals surface area (Å²) in [6.45, 7) is 0. The van der Waals surface area contributed by atoms with E-state index in [0.29, 0.717) is 0 Å². The third-order valence-electron chi connectivity index (χ3n) is 11.4. The van der Waals surface area contributed by atoms with Gasteiger partial charge in [0.05, 0.1) is 0 Å². The van der Waals surface area contributed by atoms with Crippen LogP contribution in [0.2, 0.25) is 0 Å². The zero-order chi connectivity index (χ0) is 39.1. The van der Waals surface area contributed by atoms with E-state index < -0.39 is 0 Å². The van der Waals surface area contributed by atoms with Crippen LogP contribution in [-0.4, -0.2) is 0 Å². The minimum atomic E-state index is 0.907. The molecule has 0 aliphatic rings. The molecule has 0 saturated carbocycles. The highest BCUT2D eigenvalue weighted by Crippen LogP contribution is 2.43. The van der Waals surface area contributed by atoms with E-state index >= 15 is 0 Å². The van der Waals surface area contributed by atoms with Gasteiger partial charge in [0.1, 0.15) is 11.2 Å². The normalized spacial score (nSPS) is 11.4. The number of rotatable bonds is 8. The molecule has 0 fully saturated rings. The predicted octanol–water partition coefficient (Wildman–Crippen LogP) is 16.2. The average molecular weight is 755 g/mol. The number of benzene rings is 10. The van der Waals surface area contributed by atoms with Gasteiger partial charge < -0.3 is 14.2 Å². The van der Waals surface area contributed by atoms with Crippen molar-refractivity contribution in [3.8, 4) is 22.3 Å². The van der Waals surface area contributed by atoms with E-state index in [4.69, 9.17) is 4.42 Å². The minimum Gasteiger partial charge on any atom is -0.455 e. The van der Waals surface area contributed by atoms with Crippen LogP contribution in [0, 0.1) is 0 Å². The zero-order valence-electron chi connectivity index (χ0n) is 32.2. The molecule has 1 aromatic heterocycles. The lowest BCUT2D eigenvalue weighted by molar-refractivity contribution is 0.670. The highest BCUT2D eigenvalue weighted by atomic mass is 16.3. The molecule has 3 nitrogen and oxygen atoms in total. The van der Waals surface area contributed by atoms with Gasteiger partial charge in [0.2, 0.25) is 0 Å². The van der Waals surface area contributed by atoms with Crippen molar-refractivity contribution in [1.29, 1.82) is 0 Å². The Bertz CT molecular complexity index is 3210. The first-order valence-corrected chi connectivity index (χ1v) is 20.1. The lowest BCUT2D eigenvalue weighted by atomic mass is 9.92. The van der Waals surface area contributed by atoms with E-state index in [9.17, 15) is 0 Å². The molecule has 11 rings (SSSR count). The second-order valence-electron chi connectivity index (χ2n) is 14.9. The lowest BCUT2D eigenvalue weighted by Crippen LogP contribution is -2.09. The van der Waals surface area contributed by atoms with Crippen molar-refractivity contribution in [2.75, 3.05) is 9.80 Å². The number of anilines is 6. The maximum Gasteiger partial charge on any atom is 0.143 e. The zero-order valence-corrected chi connectivity index (χ0v) is 32.2. The molecule has 0 N–H and O–H groups in total. The molecule has 0 radical (unpaired) electrons. The molecule has 0 atom stereocenters. The summed E-state index contributed by atoms with van der Waals surface area (Å²) in [5.41, 5.74) is 13.0. The third-order valence-corrected chi connectivity index (χ3v) is 11.4. The topological polar surface area (TPSA) is 19.6 Å². The van der Waals surface area contributed by atoms with Crippen LogP contribution in [0.5, 0.6) is 0 Å². The van der Waals surface area contributed by atoms with E-state index in [1.165, 1.54) is 32.7 Å². The quantitative estimate of drug-likeness (QED) is 0.144. The van der Waals surface area contributed by atoms with Gasteiger partial charge in [0.25, 0.3) is 0 Å². The van der Waals surface area contributed by atoms with Gasteiger partial charge in [-0.1, -0.05) is 146 Å². The first kappa shape index (κ1) is 34.4. The number of fused-ring (bicyclic) bond motifs is 6. The summed E-state index contributed by atoms with van der Waals surface area (Å²) in [6, 6.07) is 82.3. The van der Waals surface area contributed by atoms with Crippen molar-refractivity contribution in [1.82, 2.24) is 0 Å². The molecule has 0 aliphatic carbocycles. The highest BCUT2D eigenvalue weighted by Gasteiger charge is 2.18. The summed E-state index contributed by atoms with van der Waals surface area (Å²) in [6.07, 6.45) is 0. The fourth-order valence-corrected chi connectivity index (χ4v) is 8.65.